The number of benzene rings is 2. The minimum Gasteiger partial charge on any atom is -0.326 e. The Kier molecular flexibility index (Phi) is 5.75. The lowest BCUT2D eigenvalue weighted by Crippen LogP contribution is -3.08. The van der Waals surface area contributed by atoms with E-state index in [0.717, 1.165) is 17.7 Å². The van der Waals surface area contributed by atoms with E-state index in [0.29, 0.717) is 12.2 Å². The average Bonchev–Trinajstić information content (AvgIpc) is 2.49. The summed E-state index contributed by atoms with van der Waals surface area (Å²) < 4.78 is 23.1. The zero-order valence-corrected chi connectivity index (χ0v) is 15.0. The largest absolute Gasteiger partial charge is 0.326 e. The first kappa shape index (κ1) is 18.2. The molecule has 0 fully saturated rings. The summed E-state index contributed by atoms with van der Waals surface area (Å²) in [6.07, 6.45) is 1.15. The van der Waals surface area contributed by atoms with Crippen molar-refractivity contribution in [3.8, 4) is 0 Å². The molecule has 1 unspecified atom stereocenters. The number of anilines is 1. The molecule has 0 heterocycles. The molecule has 0 radical (unpaired) electrons. The second kappa shape index (κ2) is 7.59. The van der Waals surface area contributed by atoms with Crippen molar-refractivity contribution in [1.82, 2.24) is 0 Å². The number of carbonyl (C=O) groups is 1. The molecule has 2 aromatic rings. The highest BCUT2D eigenvalue weighted by Crippen LogP contribution is 2.14. The number of rotatable bonds is 6. The Balaban J connectivity index is 1.94. The molecule has 2 aromatic carbocycles. The van der Waals surface area contributed by atoms with Gasteiger partial charge in [0.25, 0.3) is 5.91 Å². The van der Waals surface area contributed by atoms with Crippen molar-refractivity contribution in [2.24, 2.45) is 0 Å². The van der Waals surface area contributed by atoms with Crippen LogP contribution < -0.4 is 10.2 Å². The third-order valence-electron chi connectivity index (χ3n) is 3.63. The molecule has 2 rings (SSSR count). The molecular weight excluding hydrogens is 324 g/mol. The molecule has 6 heteroatoms. The molecule has 0 saturated carbocycles. The van der Waals surface area contributed by atoms with Crippen LogP contribution in [-0.2, 0) is 21.2 Å². The second-order valence-electron chi connectivity index (χ2n) is 6.14. The summed E-state index contributed by atoms with van der Waals surface area (Å²) in [4.78, 5) is 13.4. The number of carbonyl (C=O) groups excluding carboxylic acids is 1. The van der Waals surface area contributed by atoms with Crippen molar-refractivity contribution in [3.05, 3.63) is 59.7 Å². The minimum absolute atomic E-state index is 0.148. The van der Waals surface area contributed by atoms with E-state index in [1.54, 1.807) is 12.1 Å². The van der Waals surface area contributed by atoms with E-state index in [4.69, 9.17) is 0 Å². The van der Waals surface area contributed by atoms with Crippen molar-refractivity contribution in [3.63, 3.8) is 0 Å². The SMILES string of the molecule is Cc1ccc(C[NH+](C)CC(=O)Nc2cccc(S(C)(=O)=O)c2)cc1. The number of hydrogen-bond donors (Lipinski definition) is 2. The smallest absolute Gasteiger partial charge is 0.279 e. The van der Waals surface area contributed by atoms with Gasteiger partial charge in [0.1, 0.15) is 6.54 Å². The number of nitrogens with one attached hydrogen (secondary N) is 2. The average molecular weight is 347 g/mol. The number of amides is 1. The molecule has 0 aliphatic carbocycles. The second-order valence-corrected chi connectivity index (χ2v) is 8.16. The fourth-order valence-corrected chi connectivity index (χ4v) is 3.07. The molecule has 24 heavy (non-hydrogen) atoms. The lowest BCUT2D eigenvalue weighted by Gasteiger charge is -2.14. The maximum Gasteiger partial charge on any atom is 0.279 e. The number of sulfone groups is 1. The van der Waals surface area contributed by atoms with Crippen LogP contribution in [-0.4, -0.2) is 34.2 Å². The first-order chi connectivity index (χ1) is 11.2. The third kappa shape index (κ3) is 5.47. The molecule has 0 aliphatic heterocycles. The molecule has 0 spiro atoms. The van der Waals surface area contributed by atoms with Crippen LogP contribution in [0.3, 0.4) is 0 Å². The van der Waals surface area contributed by atoms with Crippen LogP contribution in [0.4, 0.5) is 5.69 Å². The molecule has 1 amide bonds. The third-order valence-corrected chi connectivity index (χ3v) is 4.75. The van der Waals surface area contributed by atoms with E-state index in [1.807, 2.05) is 14.0 Å². The highest BCUT2D eigenvalue weighted by Gasteiger charge is 2.12. The zero-order valence-electron chi connectivity index (χ0n) is 14.2. The Morgan fingerprint density at radius 3 is 2.42 bits per heavy atom. The number of hydrogen-bond acceptors (Lipinski definition) is 3. The Hall–Kier alpha value is -2.18. The fraction of sp³-hybridized carbons (Fsp3) is 0.278. The van der Waals surface area contributed by atoms with Gasteiger partial charge in [0.15, 0.2) is 16.4 Å². The summed E-state index contributed by atoms with van der Waals surface area (Å²) in [5.41, 5.74) is 2.87. The van der Waals surface area contributed by atoms with Crippen LogP contribution >= 0.6 is 0 Å². The van der Waals surface area contributed by atoms with Crippen LogP contribution in [0.15, 0.2) is 53.4 Å². The number of likely N-dealkylation sites (N-methyl/N-ethyl adjacent to an activating group) is 1. The van der Waals surface area contributed by atoms with Gasteiger partial charge < -0.3 is 10.2 Å². The monoisotopic (exact) mass is 347 g/mol. The van der Waals surface area contributed by atoms with E-state index >= 15 is 0 Å². The molecular formula is C18H23N2O3S+. The lowest BCUT2D eigenvalue weighted by molar-refractivity contribution is -0.885. The van der Waals surface area contributed by atoms with Gasteiger partial charge in [0.2, 0.25) is 0 Å². The van der Waals surface area contributed by atoms with Crippen molar-refractivity contribution in [2.75, 3.05) is 25.2 Å². The number of quaternary nitrogens is 1. The summed E-state index contributed by atoms with van der Waals surface area (Å²) >= 11 is 0. The van der Waals surface area contributed by atoms with E-state index in [2.05, 4.69) is 29.6 Å². The molecule has 0 saturated heterocycles. The topological polar surface area (TPSA) is 67.7 Å². The van der Waals surface area contributed by atoms with Gasteiger partial charge in [-0.1, -0.05) is 35.9 Å². The van der Waals surface area contributed by atoms with Crippen LogP contribution in [0.5, 0.6) is 0 Å². The molecule has 0 bridgehead atoms. The van der Waals surface area contributed by atoms with Gasteiger partial charge in [-0.05, 0) is 25.1 Å². The Bertz CT molecular complexity index is 814. The molecule has 5 nitrogen and oxygen atoms in total. The highest BCUT2D eigenvalue weighted by atomic mass is 32.2. The maximum atomic E-state index is 12.1. The quantitative estimate of drug-likeness (QED) is 0.821. The Morgan fingerprint density at radius 2 is 1.79 bits per heavy atom. The van der Waals surface area contributed by atoms with Gasteiger partial charge in [-0.3, -0.25) is 4.79 Å². The normalized spacial score (nSPS) is 12.6. The summed E-state index contributed by atoms with van der Waals surface area (Å²) in [5, 5.41) is 2.76. The predicted molar refractivity (Wildman–Crippen MR) is 94.8 cm³/mol. The molecule has 0 aromatic heterocycles. The first-order valence-corrected chi connectivity index (χ1v) is 9.60. The summed E-state index contributed by atoms with van der Waals surface area (Å²) in [6.45, 7) is 3.09. The van der Waals surface area contributed by atoms with Crippen molar-refractivity contribution < 1.29 is 18.1 Å². The van der Waals surface area contributed by atoms with E-state index in [9.17, 15) is 13.2 Å². The fourth-order valence-electron chi connectivity index (χ4n) is 2.40. The molecule has 2 N–H and O–H groups in total. The van der Waals surface area contributed by atoms with Gasteiger partial charge >= 0.3 is 0 Å². The summed E-state index contributed by atoms with van der Waals surface area (Å²) in [5.74, 6) is -0.148. The van der Waals surface area contributed by atoms with Crippen LogP contribution in [0, 0.1) is 6.92 Å². The van der Waals surface area contributed by atoms with Gasteiger partial charge in [0.05, 0.1) is 11.9 Å². The van der Waals surface area contributed by atoms with E-state index in [1.165, 1.54) is 23.3 Å². The maximum absolute atomic E-state index is 12.1. The van der Waals surface area contributed by atoms with Gasteiger partial charge in [-0.25, -0.2) is 8.42 Å². The van der Waals surface area contributed by atoms with Crippen molar-refractivity contribution in [2.45, 2.75) is 18.4 Å². The summed E-state index contributed by atoms with van der Waals surface area (Å²) in [6, 6.07) is 14.5. The Labute approximate surface area is 143 Å². The van der Waals surface area contributed by atoms with E-state index in [-0.39, 0.29) is 10.8 Å². The molecule has 0 aliphatic rings. The van der Waals surface area contributed by atoms with Crippen molar-refractivity contribution >= 4 is 21.4 Å². The molecule has 1 atom stereocenters. The predicted octanol–water partition coefficient (Wildman–Crippen LogP) is 1.05. The highest BCUT2D eigenvalue weighted by molar-refractivity contribution is 7.90. The Morgan fingerprint density at radius 1 is 1.12 bits per heavy atom. The van der Waals surface area contributed by atoms with E-state index < -0.39 is 9.84 Å². The van der Waals surface area contributed by atoms with Gasteiger partial charge in [0, 0.05) is 17.5 Å². The number of aryl methyl sites for hydroxylation is 1. The van der Waals surface area contributed by atoms with Crippen LogP contribution in [0.2, 0.25) is 0 Å². The van der Waals surface area contributed by atoms with Crippen molar-refractivity contribution in [1.29, 1.82) is 0 Å². The minimum atomic E-state index is -3.28. The van der Waals surface area contributed by atoms with Crippen LogP contribution in [0.1, 0.15) is 11.1 Å². The lowest BCUT2D eigenvalue weighted by atomic mass is 10.1. The first-order valence-electron chi connectivity index (χ1n) is 7.71. The zero-order chi connectivity index (χ0) is 17.7. The van der Waals surface area contributed by atoms with Gasteiger partial charge in [-0.15, -0.1) is 0 Å². The van der Waals surface area contributed by atoms with Gasteiger partial charge in [-0.2, -0.15) is 0 Å². The van der Waals surface area contributed by atoms with Crippen LogP contribution in [0.25, 0.3) is 0 Å². The summed E-state index contributed by atoms with van der Waals surface area (Å²) in [7, 11) is -1.33. The standard InChI is InChI=1S/C18H22N2O3S/c1-14-7-9-15(10-8-14)12-20(2)13-18(21)19-16-5-4-6-17(11-16)24(3,22)23/h4-11H,12-13H2,1-3H3,(H,19,21)/p+1. The molecule has 128 valence electrons.